The van der Waals surface area contributed by atoms with Crippen LogP contribution < -0.4 is 5.32 Å². The number of carbonyl (C=O) groups is 1. The van der Waals surface area contributed by atoms with Crippen molar-refractivity contribution in [1.29, 1.82) is 0 Å². The Kier molecular flexibility index (Phi) is 3.13. The number of para-hydroxylation sites is 1. The Morgan fingerprint density at radius 2 is 2.00 bits per heavy atom. The molecule has 0 saturated carbocycles. The molecule has 1 heterocycles. The minimum absolute atomic E-state index is 0.286. The molecular weight excluding hydrogens is 252 g/mol. The van der Waals surface area contributed by atoms with Gasteiger partial charge in [0.05, 0.1) is 5.56 Å². The van der Waals surface area contributed by atoms with Crippen molar-refractivity contribution >= 4 is 22.6 Å². The van der Waals surface area contributed by atoms with E-state index in [0.717, 1.165) is 16.8 Å². The second kappa shape index (κ2) is 5.09. The molecule has 4 nitrogen and oxygen atoms in total. The highest BCUT2D eigenvalue weighted by atomic mass is 16.4. The van der Waals surface area contributed by atoms with Gasteiger partial charge in [0, 0.05) is 29.3 Å². The Morgan fingerprint density at radius 3 is 2.85 bits per heavy atom. The van der Waals surface area contributed by atoms with Gasteiger partial charge >= 0.3 is 5.97 Å². The Morgan fingerprint density at radius 1 is 1.15 bits per heavy atom. The predicted molar refractivity (Wildman–Crippen MR) is 79.0 cm³/mol. The van der Waals surface area contributed by atoms with Gasteiger partial charge in [0.1, 0.15) is 0 Å². The van der Waals surface area contributed by atoms with Crippen molar-refractivity contribution in [3.05, 3.63) is 65.9 Å². The van der Waals surface area contributed by atoms with Crippen LogP contribution in [0.2, 0.25) is 0 Å². The number of H-pyrrole nitrogens is 1. The second-order valence-corrected chi connectivity index (χ2v) is 4.60. The summed E-state index contributed by atoms with van der Waals surface area (Å²) in [5.41, 5.74) is 3.34. The van der Waals surface area contributed by atoms with Crippen LogP contribution in [-0.2, 0) is 6.54 Å². The number of carboxylic acid groups (broad SMARTS) is 1. The quantitative estimate of drug-likeness (QED) is 0.677. The summed E-state index contributed by atoms with van der Waals surface area (Å²) in [7, 11) is 0. The highest BCUT2D eigenvalue weighted by molar-refractivity contribution is 5.88. The Labute approximate surface area is 116 Å². The van der Waals surface area contributed by atoms with E-state index >= 15 is 0 Å². The first-order valence-corrected chi connectivity index (χ1v) is 6.36. The Bertz CT molecular complexity index is 762. The van der Waals surface area contributed by atoms with Gasteiger partial charge in [-0.2, -0.15) is 0 Å². The van der Waals surface area contributed by atoms with E-state index in [0.29, 0.717) is 6.54 Å². The second-order valence-electron chi connectivity index (χ2n) is 4.60. The molecule has 3 aromatic rings. The number of fused-ring (bicyclic) bond motifs is 1. The highest BCUT2D eigenvalue weighted by Crippen LogP contribution is 2.19. The van der Waals surface area contributed by atoms with Gasteiger partial charge in [-0.25, -0.2) is 4.79 Å². The van der Waals surface area contributed by atoms with Crippen molar-refractivity contribution in [2.45, 2.75) is 6.54 Å². The zero-order chi connectivity index (χ0) is 13.9. The summed E-state index contributed by atoms with van der Waals surface area (Å²) in [5, 5.41) is 13.4. The molecular formula is C16H14N2O2. The van der Waals surface area contributed by atoms with Gasteiger partial charge in [-0.05, 0) is 29.8 Å². The lowest BCUT2D eigenvalue weighted by Crippen LogP contribution is -2.01. The topological polar surface area (TPSA) is 65.1 Å². The van der Waals surface area contributed by atoms with Crippen LogP contribution in [0.15, 0.2) is 54.7 Å². The maximum atomic E-state index is 10.9. The summed E-state index contributed by atoms with van der Waals surface area (Å²) in [5.74, 6) is -0.916. The Balaban J connectivity index is 1.79. The van der Waals surface area contributed by atoms with E-state index in [1.165, 1.54) is 5.39 Å². The molecule has 0 fully saturated rings. The third kappa shape index (κ3) is 2.36. The molecule has 0 aliphatic rings. The molecule has 0 amide bonds. The summed E-state index contributed by atoms with van der Waals surface area (Å²) < 4.78 is 0. The van der Waals surface area contributed by atoms with E-state index in [1.54, 1.807) is 18.2 Å². The zero-order valence-electron chi connectivity index (χ0n) is 10.8. The molecule has 2 aromatic carbocycles. The molecule has 0 aliphatic heterocycles. The average molecular weight is 266 g/mol. The first-order valence-electron chi connectivity index (χ1n) is 6.36. The lowest BCUT2D eigenvalue weighted by molar-refractivity contribution is 0.0697. The van der Waals surface area contributed by atoms with E-state index in [1.807, 2.05) is 30.5 Å². The monoisotopic (exact) mass is 266 g/mol. The SMILES string of the molecule is O=C(O)c1cccc(NCc2c[nH]c3ccccc23)c1. The molecule has 0 unspecified atom stereocenters. The van der Waals surface area contributed by atoms with Crippen LogP contribution in [0.1, 0.15) is 15.9 Å². The van der Waals surface area contributed by atoms with Gasteiger partial charge in [-0.1, -0.05) is 24.3 Å². The van der Waals surface area contributed by atoms with Crippen LogP contribution in [0.5, 0.6) is 0 Å². The van der Waals surface area contributed by atoms with Gasteiger partial charge in [0.15, 0.2) is 0 Å². The lowest BCUT2D eigenvalue weighted by atomic mass is 10.1. The third-order valence-corrected chi connectivity index (χ3v) is 3.27. The molecule has 0 radical (unpaired) electrons. The van der Waals surface area contributed by atoms with Crippen molar-refractivity contribution in [3.63, 3.8) is 0 Å². The molecule has 0 bridgehead atoms. The number of aromatic nitrogens is 1. The molecule has 20 heavy (non-hydrogen) atoms. The lowest BCUT2D eigenvalue weighted by Gasteiger charge is -2.06. The summed E-state index contributed by atoms with van der Waals surface area (Å²) in [6.07, 6.45) is 1.97. The molecule has 4 heteroatoms. The Hall–Kier alpha value is -2.75. The van der Waals surface area contributed by atoms with Crippen molar-refractivity contribution in [2.24, 2.45) is 0 Å². The maximum absolute atomic E-state index is 10.9. The van der Waals surface area contributed by atoms with Crippen molar-refractivity contribution in [1.82, 2.24) is 4.98 Å². The van der Waals surface area contributed by atoms with E-state index in [9.17, 15) is 4.79 Å². The summed E-state index contributed by atoms with van der Waals surface area (Å²) in [6, 6.07) is 14.9. The number of benzene rings is 2. The number of anilines is 1. The number of hydrogen-bond acceptors (Lipinski definition) is 2. The van der Waals surface area contributed by atoms with Crippen LogP contribution in [0.25, 0.3) is 10.9 Å². The average Bonchev–Trinajstić information content (AvgIpc) is 2.89. The van der Waals surface area contributed by atoms with Gasteiger partial charge in [-0.15, -0.1) is 0 Å². The van der Waals surface area contributed by atoms with E-state index < -0.39 is 5.97 Å². The predicted octanol–water partition coefficient (Wildman–Crippen LogP) is 3.48. The molecule has 3 N–H and O–H groups in total. The van der Waals surface area contributed by atoms with Crippen molar-refractivity contribution in [2.75, 3.05) is 5.32 Å². The maximum Gasteiger partial charge on any atom is 0.335 e. The van der Waals surface area contributed by atoms with Gasteiger partial charge < -0.3 is 15.4 Å². The van der Waals surface area contributed by atoms with Crippen LogP contribution in [-0.4, -0.2) is 16.1 Å². The number of aromatic amines is 1. The summed E-state index contributed by atoms with van der Waals surface area (Å²) >= 11 is 0. The van der Waals surface area contributed by atoms with Gasteiger partial charge in [0.25, 0.3) is 0 Å². The first-order chi connectivity index (χ1) is 9.74. The standard InChI is InChI=1S/C16H14N2O2/c19-16(20)11-4-3-5-13(8-11)17-9-12-10-18-15-7-2-1-6-14(12)15/h1-8,10,17-18H,9H2,(H,19,20). The zero-order valence-corrected chi connectivity index (χ0v) is 10.8. The van der Waals surface area contributed by atoms with Crippen molar-refractivity contribution < 1.29 is 9.90 Å². The number of rotatable bonds is 4. The normalized spacial score (nSPS) is 10.6. The van der Waals surface area contributed by atoms with Crippen molar-refractivity contribution in [3.8, 4) is 0 Å². The molecule has 3 rings (SSSR count). The fourth-order valence-electron chi connectivity index (χ4n) is 2.24. The molecule has 100 valence electrons. The van der Waals surface area contributed by atoms with E-state index in [-0.39, 0.29) is 5.56 Å². The third-order valence-electron chi connectivity index (χ3n) is 3.27. The van der Waals surface area contributed by atoms with E-state index in [4.69, 9.17) is 5.11 Å². The minimum atomic E-state index is -0.916. The molecule has 0 aliphatic carbocycles. The van der Waals surface area contributed by atoms with Crippen LogP contribution >= 0.6 is 0 Å². The largest absolute Gasteiger partial charge is 0.478 e. The molecule has 0 spiro atoms. The van der Waals surface area contributed by atoms with Gasteiger partial charge in [-0.3, -0.25) is 0 Å². The molecule has 0 atom stereocenters. The summed E-state index contributed by atoms with van der Waals surface area (Å²) in [6.45, 7) is 0.646. The highest BCUT2D eigenvalue weighted by Gasteiger charge is 2.05. The van der Waals surface area contributed by atoms with E-state index in [2.05, 4.69) is 16.4 Å². The van der Waals surface area contributed by atoms with Gasteiger partial charge in [0.2, 0.25) is 0 Å². The number of carboxylic acids is 1. The minimum Gasteiger partial charge on any atom is -0.478 e. The number of hydrogen-bond donors (Lipinski definition) is 3. The fourth-order valence-corrected chi connectivity index (χ4v) is 2.24. The molecule has 0 saturated heterocycles. The molecule has 1 aromatic heterocycles. The number of aromatic carboxylic acids is 1. The van der Waals surface area contributed by atoms with Crippen LogP contribution in [0.4, 0.5) is 5.69 Å². The summed E-state index contributed by atoms with van der Waals surface area (Å²) in [4.78, 5) is 14.1. The smallest absolute Gasteiger partial charge is 0.335 e. The van der Waals surface area contributed by atoms with Crippen LogP contribution in [0, 0.1) is 0 Å². The van der Waals surface area contributed by atoms with Crippen LogP contribution in [0.3, 0.4) is 0 Å². The first kappa shape index (κ1) is 12.3. The number of nitrogens with one attached hydrogen (secondary N) is 2. The fraction of sp³-hybridized carbons (Fsp3) is 0.0625.